The van der Waals surface area contributed by atoms with Crippen LogP contribution in [-0.4, -0.2) is 22.1 Å². The first-order valence-electron chi connectivity index (χ1n) is 4.65. The lowest BCUT2D eigenvalue weighted by atomic mass is 10.3. The Balaban J connectivity index is 2.28. The molecule has 0 atom stereocenters. The molecule has 0 aliphatic heterocycles. The number of nitrogens with one attached hydrogen (secondary N) is 1. The standard InChI is InChI=1S/C11H11N3O/c1-2-6-12-11(15)10-8-9-5-3-4-7-14(9)13-10/h2-5,7-8H,1,6H2,(H,12,15). The minimum atomic E-state index is -0.182. The van der Waals surface area contributed by atoms with Crippen molar-refractivity contribution in [1.82, 2.24) is 14.9 Å². The van der Waals surface area contributed by atoms with E-state index in [1.807, 2.05) is 18.2 Å². The summed E-state index contributed by atoms with van der Waals surface area (Å²) in [7, 11) is 0. The van der Waals surface area contributed by atoms with Gasteiger partial charge in [-0.1, -0.05) is 12.1 Å². The second-order valence-electron chi connectivity index (χ2n) is 3.10. The van der Waals surface area contributed by atoms with E-state index in [0.717, 1.165) is 5.52 Å². The molecular weight excluding hydrogens is 190 g/mol. The molecule has 76 valence electrons. The van der Waals surface area contributed by atoms with Gasteiger partial charge in [0.15, 0.2) is 5.69 Å². The van der Waals surface area contributed by atoms with E-state index in [4.69, 9.17) is 0 Å². The van der Waals surface area contributed by atoms with E-state index in [1.54, 1.807) is 22.9 Å². The van der Waals surface area contributed by atoms with E-state index in [9.17, 15) is 4.79 Å². The fourth-order valence-electron chi connectivity index (χ4n) is 1.30. The molecule has 0 spiro atoms. The maximum Gasteiger partial charge on any atom is 0.272 e. The molecule has 0 bridgehead atoms. The third kappa shape index (κ3) is 1.88. The highest BCUT2D eigenvalue weighted by Crippen LogP contribution is 2.05. The van der Waals surface area contributed by atoms with Crippen LogP contribution >= 0.6 is 0 Å². The summed E-state index contributed by atoms with van der Waals surface area (Å²) in [6.07, 6.45) is 3.44. The number of hydrogen-bond acceptors (Lipinski definition) is 2. The first-order valence-corrected chi connectivity index (χ1v) is 4.65. The zero-order chi connectivity index (χ0) is 10.7. The van der Waals surface area contributed by atoms with Crippen molar-refractivity contribution in [3.05, 3.63) is 48.8 Å². The highest BCUT2D eigenvalue weighted by molar-refractivity contribution is 5.93. The third-order valence-electron chi connectivity index (χ3n) is 2.01. The molecule has 4 nitrogen and oxygen atoms in total. The van der Waals surface area contributed by atoms with E-state index in [-0.39, 0.29) is 5.91 Å². The average molecular weight is 201 g/mol. The Hall–Kier alpha value is -2.10. The predicted molar refractivity (Wildman–Crippen MR) is 57.7 cm³/mol. The van der Waals surface area contributed by atoms with Crippen LogP contribution in [0.15, 0.2) is 43.1 Å². The van der Waals surface area contributed by atoms with Crippen LogP contribution in [0, 0.1) is 0 Å². The van der Waals surface area contributed by atoms with Crippen LogP contribution < -0.4 is 5.32 Å². The largest absolute Gasteiger partial charge is 0.347 e. The van der Waals surface area contributed by atoms with Crippen LogP contribution in [0.1, 0.15) is 10.5 Å². The lowest BCUT2D eigenvalue weighted by Gasteiger charge is -1.96. The molecule has 15 heavy (non-hydrogen) atoms. The van der Waals surface area contributed by atoms with Crippen molar-refractivity contribution in [3.8, 4) is 0 Å². The van der Waals surface area contributed by atoms with Gasteiger partial charge in [-0.05, 0) is 18.2 Å². The molecule has 2 aromatic rings. The molecule has 0 aromatic carbocycles. The molecule has 0 unspecified atom stereocenters. The van der Waals surface area contributed by atoms with Crippen molar-refractivity contribution in [3.63, 3.8) is 0 Å². The first kappa shape index (κ1) is 9.45. The lowest BCUT2D eigenvalue weighted by molar-refractivity contribution is 0.0953. The molecule has 4 heteroatoms. The first-order chi connectivity index (χ1) is 7.31. The molecule has 1 amide bonds. The predicted octanol–water partition coefficient (Wildman–Crippen LogP) is 1.25. The summed E-state index contributed by atoms with van der Waals surface area (Å²) in [4.78, 5) is 11.5. The van der Waals surface area contributed by atoms with Gasteiger partial charge in [0.1, 0.15) is 0 Å². The summed E-state index contributed by atoms with van der Waals surface area (Å²) >= 11 is 0. The van der Waals surface area contributed by atoms with Gasteiger partial charge < -0.3 is 5.32 Å². The van der Waals surface area contributed by atoms with Gasteiger partial charge in [0.2, 0.25) is 0 Å². The van der Waals surface area contributed by atoms with E-state index >= 15 is 0 Å². The third-order valence-corrected chi connectivity index (χ3v) is 2.01. The van der Waals surface area contributed by atoms with Gasteiger partial charge in [-0.15, -0.1) is 6.58 Å². The summed E-state index contributed by atoms with van der Waals surface area (Å²) < 4.78 is 1.67. The number of carbonyl (C=O) groups is 1. The Morgan fingerprint density at radius 2 is 2.47 bits per heavy atom. The van der Waals surface area contributed by atoms with Crippen LogP contribution in [0.5, 0.6) is 0 Å². The zero-order valence-corrected chi connectivity index (χ0v) is 8.18. The number of fused-ring (bicyclic) bond motifs is 1. The monoisotopic (exact) mass is 201 g/mol. The topological polar surface area (TPSA) is 46.4 Å². The fourth-order valence-corrected chi connectivity index (χ4v) is 1.30. The number of pyridine rings is 1. The molecule has 0 aliphatic rings. The Labute approximate surface area is 87.2 Å². The van der Waals surface area contributed by atoms with Gasteiger partial charge in [-0.25, -0.2) is 4.52 Å². The van der Waals surface area contributed by atoms with E-state index < -0.39 is 0 Å². The van der Waals surface area contributed by atoms with Gasteiger partial charge >= 0.3 is 0 Å². The molecule has 2 rings (SSSR count). The van der Waals surface area contributed by atoms with E-state index in [1.165, 1.54) is 0 Å². The van der Waals surface area contributed by atoms with Gasteiger partial charge in [0.25, 0.3) is 5.91 Å². The van der Waals surface area contributed by atoms with Crippen LogP contribution in [0.4, 0.5) is 0 Å². The number of nitrogens with zero attached hydrogens (tertiary/aromatic N) is 2. The molecular formula is C11H11N3O. The van der Waals surface area contributed by atoms with Gasteiger partial charge in [0, 0.05) is 12.7 Å². The molecule has 2 heterocycles. The summed E-state index contributed by atoms with van der Waals surface area (Å²) in [6.45, 7) is 3.98. The van der Waals surface area contributed by atoms with Crippen LogP contribution in [0.25, 0.3) is 5.52 Å². The summed E-state index contributed by atoms with van der Waals surface area (Å²) in [6, 6.07) is 7.42. The van der Waals surface area contributed by atoms with Crippen molar-refractivity contribution in [2.75, 3.05) is 6.54 Å². The van der Waals surface area contributed by atoms with Gasteiger partial charge in [-0.3, -0.25) is 4.79 Å². The molecule has 0 saturated heterocycles. The Morgan fingerprint density at radius 1 is 1.60 bits per heavy atom. The maximum absolute atomic E-state index is 11.5. The second-order valence-corrected chi connectivity index (χ2v) is 3.10. The highest BCUT2D eigenvalue weighted by atomic mass is 16.1. The average Bonchev–Trinajstić information content (AvgIpc) is 2.69. The fraction of sp³-hybridized carbons (Fsp3) is 0.0909. The normalized spacial score (nSPS) is 10.1. The van der Waals surface area contributed by atoms with Gasteiger partial charge in [0.05, 0.1) is 5.52 Å². The number of rotatable bonds is 3. The minimum Gasteiger partial charge on any atom is -0.347 e. The summed E-state index contributed by atoms with van der Waals surface area (Å²) in [5, 5.41) is 6.81. The van der Waals surface area contributed by atoms with Gasteiger partial charge in [-0.2, -0.15) is 5.10 Å². The molecule has 1 N–H and O–H groups in total. The van der Waals surface area contributed by atoms with Crippen molar-refractivity contribution in [2.24, 2.45) is 0 Å². The molecule has 0 saturated carbocycles. The minimum absolute atomic E-state index is 0.182. The highest BCUT2D eigenvalue weighted by Gasteiger charge is 2.08. The number of aromatic nitrogens is 2. The molecule has 0 aliphatic carbocycles. The number of amides is 1. The lowest BCUT2D eigenvalue weighted by Crippen LogP contribution is -2.23. The zero-order valence-electron chi connectivity index (χ0n) is 8.18. The Bertz CT molecular complexity index is 468. The van der Waals surface area contributed by atoms with Crippen LogP contribution in [0.2, 0.25) is 0 Å². The number of carbonyl (C=O) groups excluding carboxylic acids is 1. The van der Waals surface area contributed by atoms with E-state index in [2.05, 4.69) is 17.0 Å². The second kappa shape index (κ2) is 3.96. The smallest absolute Gasteiger partial charge is 0.272 e. The summed E-state index contributed by atoms with van der Waals surface area (Å²) in [5.41, 5.74) is 1.32. The maximum atomic E-state index is 11.5. The number of hydrogen-bond donors (Lipinski definition) is 1. The van der Waals surface area contributed by atoms with Crippen molar-refractivity contribution in [2.45, 2.75) is 0 Å². The SMILES string of the molecule is C=CCNC(=O)c1cc2ccccn2n1. The Kier molecular flexibility index (Phi) is 2.49. The molecule has 0 radical (unpaired) electrons. The van der Waals surface area contributed by atoms with E-state index in [0.29, 0.717) is 12.2 Å². The summed E-state index contributed by atoms with van der Waals surface area (Å²) in [5.74, 6) is -0.182. The van der Waals surface area contributed by atoms with Crippen LogP contribution in [-0.2, 0) is 0 Å². The van der Waals surface area contributed by atoms with Crippen molar-refractivity contribution >= 4 is 11.4 Å². The quantitative estimate of drug-likeness (QED) is 0.760. The van der Waals surface area contributed by atoms with Crippen molar-refractivity contribution in [1.29, 1.82) is 0 Å². The van der Waals surface area contributed by atoms with Crippen molar-refractivity contribution < 1.29 is 4.79 Å². The molecule has 2 aromatic heterocycles. The van der Waals surface area contributed by atoms with Crippen LogP contribution in [0.3, 0.4) is 0 Å². The molecule has 0 fully saturated rings. The Morgan fingerprint density at radius 3 is 3.20 bits per heavy atom.